The van der Waals surface area contributed by atoms with Crippen LogP contribution in [0.2, 0.25) is 0 Å². The van der Waals surface area contributed by atoms with Gasteiger partial charge in [-0.05, 0) is 44.0 Å². The van der Waals surface area contributed by atoms with Crippen molar-refractivity contribution in [1.29, 1.82) is 0 Å². The number of hydrogen-bond donors (Lipinski definition) is 1. The third-order valence-corrected chi connectivity index (χ3v) is 3.96. The van der Waals surface area contributed by atoms with Crippen LogP contribution in [0.15, 0.2) is 18.2 Å². The monoisotopic (exact) mass is 305 g/mol. The second kappa shape index (κ2) is 5.29. The summed E-state index contributed by atoms with van der Waals surface area (Å²) in [4.78, 5) is 12.9. The van der Waals surface area contributed by atoms with Gasteiger partial charge < -0.3 is 5.11 Å². The van der Waals surface area contributed by atoms with Crippen LogP contribution in [0.3, 0.4) is 0 Å². The lowest BCUT2D eigenvalue weighted by atomic mass is 9.98. The zero-order chi connectivity index (χ0) is 15.8. The van der Waals surface area contributed by atoms with E-state index in [2.05, 4.69) is 0 Å². The molecule has 1 aromatic rings. The van der Waals surface area contributed by atoms with Crippen molar-refractivity contribution in [3.05, 3.63) is 35.1 Å². The third-order valence-electron chi connectivity index (χ3n) is 3.96. The molecule has 21 heavy (non-hydrogen) atoms. The van der Waals surface area contributed by atoms with Crippen molar-refractivity contribution in [2.24, 2.45) is 0 Å². The van der Waals surface area contributed by atoms with E-state index in [1.54, 1.807) is 11.8 Å². The van der Waals surface area contributed by atoms with Gasteiger partial charge in [-0.2, -0.15) is 13.2 Å². The summed E-state index contributed by atoms with van der Waals surface area (Å²) in [7, 11) is 0. The quantitative estimate of drug-likeness (QED) is 0.871. The molecule has 0 amide bonds. The summed E-state index contributed by atoms with van der Waals surface area (Å²) in [6, 6.07) is 2.77. The highest BCUT2D eigenvalue weighted by atomic mass is 19.4. The Balaban J connectivity index is 2.27. The Morgan fingerprint density at radius 1 is 1.43 bits per heavy atom. The summed E-state index contributed by atoms with van der Waals surface area (Å²) in [5.41, 5.74) is -2.17. The highest BCUT2D eigenvalue weighted by Crippen LogP contribution is 2.34. The Labute approximate surface area is 119 Å². The van der Waals surface area contributed by atoms with Gasteiger partial charge in [0.15, 0.2) is 0 Å². The first kappa shape index (κ1) is 15.8. The minimum Gasteiger partial charge on any atom is -0.480 e. The first-order valence-electron chi connectivity index (χ1n) is 6.48. The van der Waals surface area contributed by atoms with Gasteiger partial charge in [-0.3, -0.25) is 9.69 Å². The van der Waals surface area contributed by atoms with Crippen LogP contribution in [0, 0.1) is 5.82 Å². The number of hydrogen-bond acceptors (Lipinski definition) is 2. The number of carboxylic acid groups (broad SMARTS) is 1. The number of carboxylic acids is 1. The van der Waals surface area contributed by atoms with Crippen LogP contribution in [0.4, 0.5) is 17.6 Å². The molecule has 0 aliphatic carbocycles. The molecule has 7 heteroatoms. The molecule has 0 bridgehead atoms. The molecule has 3 nitrogen and oxygen atoms in total. The second-order valence-corrected chi connectivity index (χ2v) is 5.42. The lowest BCUT2D eigenvalue weighted by Gasteiger charge is -2.31. The molecule has 2 rings (SSSR count). The Hall–Kier alpha value is -1.63. The molecule has 1 heterocycles. The topological polar surface area (TPSA) is 40.5 Å². The van der Waals surface area contributed by atoms with Crippen LogP contribution in [0.5, 0.6) is 0 Å². The maximum Gasteiger partial charge on any atom is 0.419 e. The van der Waals surface area contributed by atoms with Crippen molar-refractivity contribution < 1.29 is 27.5 Å². The first-order chi connectivity index (χ1) is 9.64. The SMILES string of the molecule is CC1(C(=O)O)CCCN1Cc1ccc(F)c(C(F)(F)F)c1. The molecular formula is C14H15F4NO2. The fraction of sp³-hybridized carbons (Fsp3) is 0.500. The standard InChI is InChI=1S/C14H15F4NO2/c1-13(12(20)21)5-2-6-19(13)8-9-3-4-11(15)10(7-9)14(16,17)18/h3-4,7H,2,5-6,8H2,1H3,(H,20,21). The number of likely N-dealkylation sites (tertiary alicyclic amines) is 1. The first-order valence-corrected chi connectivity index (χ1v) is 6.48. The van der Waals surface area contributed by atoms with Crippen molar-refractivity contribution in [1.82, 2.24) is 4.90 Å². The molecule has 1 fully saturated rings. The van der Waals surface area contributed by atoms with Gasteiger partial charge >= 0.3 is 12.1 Å². The zero-order valence-corrected chi connectivity index (χ0v) is 11.4. The molecule has 1 unspecified atom stereocenters. The lowest BCUT2D eigenvalue weighted by molar-refractivity contribution is -0.149. The van der Waals surface area contributed by atoms with E-state index in [-0.39, 0.29) is 12.1 Å². The Kier molecular flexibility index (Phi) is 3.97. The fourth-order valence-electron chi connectivity index (χ4n) is 2.62. The minimum absolute atomic E-state index is 0.0478. The molecule has 0 aromatic heterocycles. The number of carbonyl (C=O) groups is 1. The average Bonchev–Trinajstić information content (AvgIpc) is 2.73. The lowest BCUT2D eigenvalue weighted by Crippen LogP contribution is -2.47. The number of alkyl halides is 3. The molecule has 1 aromatic carbocycles. The third kappa shape index (κ3) is 3.02. The molecule has 1 aliphatic rings. The average molecular weight is 305 g/mol. The fourth-order valence-corrected chi connectivity index (χ4v) is 2.62. The van der Waals surface area contributed by atoms with Crippen LogP contribution < -0.4 is 0 Å². The number of rotatable bonds is 3. The van der Waals surface area contributed by atoms with E-state index < -0.39 is 29.1 Å². The van der Waals surface area contributed by atoms with E-state index in [0.717, 1.165) is 12.1 Å². The van der Waals surface area contributed by atoms with E-state index in [1.807, 2.05) is 0 Å². The van der Waals surface area contributed by atoms with E-state index >= 15 is 0 Å². The van der Waals surface area contributed by atoms with E-state index in [9.17, 15) is 27.5 Å². The van der Waals surface area contributed by atoms with Gasteiger partial charge in [0.05, 0.1) is 5.56 Å². The summed E-state index contributed by atoms with van der Waals surface area (Å²) in [5.74, 6) is -2.33. The van der Waals surface area contributed by atoms with Gasteiger partial charge in [-0.1, -0.05) is 6.07 Å². The molecule has 0 spiro atoms. The van der Waals surface area contributed by atoms with Crippen LogP contribution in [-0.4, -0.2) is 28.1 Å². The summed E-state index contributed by atoms with van der Waals surface area (Å²) in [5, 5.41) is 9.27. The maximum absolute atomic E-state index is 13.2. The summed E-state index contributed by atoms with van der Waals surface area (Å²) in [6.07, 6.45) is -3.66. The number of aliphatic carboxylic acids is 1. The Morgan fingerprint density at radius 2 is 2.10 bits per heavy atom. The number of halogens is 4. The van der Waals surface area contributed by atoms with E-state index in [4.69, 9.17) is 0 Å². The molecule has 116 valence electrons. The maximum atomic E-state index is 13.2. The highest BCUT2D eigenvalue weighted by Gasteiger charge is 2.43. The second-order valence-electron chi connectivity index (χ2n) is 5.42. The van der Waals surface area contributed by atoms with Gasteiger partial charge in [0.2, 0.25) is 0 Å². The summed E-state index contributed by atoms with van der Waals surface area (Å²) < 4.78 is 51.3. The van der Waals surface area contributed by atoms with Gasteiger partial charge in [0, 0.05) is 6.54 Å². The van der Waals surface area contributed by atoms with Crippen molar-refractivity contribution in [3.63, 3.8) is 0 Å². The van der Waals surface area contributed by atoms with Crippen molar-refractivity contribution in [3.8, 4) is 0 Å². The van der Waals surface area contributed by atoms with Crippen molar-refractivity contribution in [2.75, 3.05) is 6.54 Å². The zero-order valence-electron chi connectivity index (χ0n) is 11.4. The van der Waals surface area contributed by atoms with E-state index in [0.29, 0.717) is 19.4 Å². The molecule has 0 radical (unpaired) electrons. The van der Waals surface area contributed by atoms with Crippen LogP contribution in [0.1, 0.15) is 30.9 Å². The normalized spacial score (nSPS) is 23.5. The minimum atomic E-state index is -4.76. The van der Waals surface area contributed by atoms with Crippen LogP contribution in [0.25, 0.3) is 0 Å². The van der Waals surface area contributed by atoms with Gasteiger partial charge in [0.1, 0.15) is 11.4 Å². The molecule has 1 saturated heterocycles. The smallest absolute Gasteiger partial charge is 0.419 e. The van der Waals surface area contributed by atoms with Gasteiger partial charge in [0.25, 0.3) is 0 Å². The molecule has 1 N–H and O–H groups in total. The Morgan fingerprint density at radius 3 is 2.67 bits per heavy atom. The molecular weight excluding hydrogens is 290 g/mol. The highest BCUT2D eigenvalue weighted by molar-refractivity contribution is 5.78. The summed E-state index contributed by atoms with van der Waals surface area (Å²) >= 11 is 0. The predicted octanol–water partition coefficient (Wildman–Crippen LogP) is 3.28. The summed E-state index contributed by atoms with van der Waals surface area (Å²) in [6.45, 7) is 2.09. The van der Waals surface area contributed by atoms with Gasteiger partial charge in [-0.15, -0.1) is 0 Å². The van der Waals surface area contributed by atoms with Crippen LogP contribution in [-0.2, 0) is 17.5 Å². The predicted molar refractivity (Wildman–Crippen MR) is 67.1 cm³/mol. The molecule has 1 atom stereocenters. The van der Waals surface area contributed by atoms with Crippen LogP contribution >= 0.6 is 0 Å². The molecule has 1 aliphatic heterocycles. The Bertz CT molecular complexity index is 558. The number of benzene rings is 1. The van der Waals surface area contributed by atoms with Crippen molar-refractivity contribution >= 4 is 5.97 Å². The van der Waals surface area contributed by atoms with Gasteiger partial charge in [-0.25, -0.2) is 4.39 Å². The number of nitrogens with zero attached hydrogens (tertiary/aromatic N) is 1. The van der Waals surface area contributed by atoms with Crippen molar-refractivity contribution in [2.45, 2.75) is 38.0 Å². The van der Waals surface area contributed by atoms with E-state index in [1.165, 1.54) is 6.07 Å². The largest absolute Gasteiger partial charge is 0.480 e. The molecule has 0 saturated carbocycles.